The van der Waals surface area contributed by atoms with Crippen molar-refractivity contribution in [2.24, 2.45) is 0 Å². The first-order valence-electron chi connectivity index (χ1n) is 11.9. The largest absolute Gasteiger partial charge is 0.507 e. The Hall–Kier alpha value is -5.41. The first-order chi connectivity index (χ1) is 19.6. The van der Waals surface area contributed by atoms with E-state index in [-0.39, 0.29) is 16.2 Å². The van der Waals surface area contributed by atoms with Crippen LogP contribution in [0.4, 0.5) is 5.69 Å². The molecule has 0 radical (unpaired) electrons. The summed E-state index contributed by atoms with van der Waals surface area (Å²) in [5.74, 6) is -2.80. The van der Waals surface area contributed by atoms with E-state index in [1.165, 1.54) is 52.3 Å². The maximum atomic E-state index is 12.8. The predicted molar refractivity (Wildman–Crippen MR) is 147 cm³/mol. The van der Waals surface area contributed by atoms with Gasteiger partial charge >= 0.3 is 11.9 Å². The molecule has 0 unspecified atom stereocenters. The molecular weight excluding hydrogens is 554 g/mol. The summed E-state index contributed by atoms with van der Waals surface area (Å²) in [5, 5.41) is 48.0. The van der Waals surface area contributed by atoms with Crippen molar-refractivity contribution < 1.29 is 34.8 Å². The molecule has 1 aliphatic heterocycles. The quantitative estimate of drug-likeness (QED) is 0.179. The number of thioether (sulfide) groups is 1. The van der Waals surface area contributed by atoms with Gasteiger partial charge in [0.1, 0.15) is 28.3 Å². The fourth-order valence-electron chi connectivity index (χ4n) is 3.92. The van der Waals surface area contributed by atoms with Gasteiger partial charge in [-0.3, -0.25) is 15.2 Å². The Balaban J connectivity index is 1.50. The van der Waals surface area contributed by atoms with Crippen molar-refractivity contribution in [1.82, 2.24) is 30.9 Å². The molecule has 0 bridgehead atoms. The molecule has 14 nitrogen and oxygen atoms in total. The monoisotopic (exact) mass is 575 g/mol. The van der Waals surface area contributed by atoms with Crippen LogP contribution in [0.15, 0.2) is 60.9 Å². The number of aromatic carboxylic acids is 2. The van der Waals surface area contributed by atoms with Crippen LogP contribution < -0.4 is 16.0 Å². The Morgan fingerprint density at radius 3 is 2.15 bits per heavy atom. The predicted octanol–water partition coefficient (Wildman–Crippen LogP) is 2.86. The lowest BCUT2D eigenvalue weighted by atomic mass is 10.1. The number of aromatic hydroxyl groups is 2. The summed E-state index contributed by atoms with van der Waals surface area (Å²) in [6, 6.07) is 11.2. The first-order valence-corrected chi connectivity index (χ1v) is 12.9. The normalized spacial score (nSPS) is 12.6. The summed E-state index contributed by atoms with van der Waals surface area (Å²) < 4.78 is 1.33. The van der Waals surface area contributed by atoms with Crippen molar-refractivity contribution in [3.63, 3.8) is 0 Å². The molecule has 15 heteroatoms. The van der Waals surface area contributed by atoms with Crippen molar-refractivity contribution in [2.45, 2.75) is 6.92 Å². The van der Waals surface area contributed by atoms with Crippen molar-refractivity contribution in [3.8, 4) is 28.6 Å². The van der Waals surface area contributed by atoms with Crippen molar-refractivity contribution >= 4 is 40.2 Å². The summed E-state index contributed by atoms with van der Waals surface area (Å²) >= 11 is 1.12. The van der Waals surface area contributed by atoms with Crippen molar-refractivity contribution in [1.29, 1.82) is 0 Å². The van der Waals surface area contributed by atoms with Crippen LogP contribution in [0.1, 0.15) is 43.7 Å². The summed E-state index contributed by atoms with van der Waals surface area (Å²) in [6.45, 7) is 1.86. The van der Waals surface area contributed by atoms with Crippen molar-refractivity contribution in [2.75, 3.05) is 10.8 Å². The fraction of sp³-hybridized carbons (Fsp3) is 0.0769. The standard InChI is InChI=1S/C26H21N7O7S/c1-2-41-26(40)13-7-18(20-11-32(30-28-20)14-3-5-16(24(36)37)22(34)9-14)27-19(8-13)21-12-33(31-29-21)15-4-6-17(25(38)39)23(35)10-15/h3-12,28,30,34-35H,2H2,1H3,(H,36,37)(H,38,39). The van der Waals surface area contributed by atoms with E-state index in [4.69, 9.17) is 10.2 Å². The lowest BCUT2D eigenvalue weighted by Crippen LogP contribution is -2.36. The molecule has 0 saturated heterocycles. The molecule has 0 amide bonds. The number of carbonyl (C=O) groups excluding carboxylic acids is 1. The number of phenols is 2. The molecule has 2 aromatic carbocycles. The van der Waals surface area contributed by atoms with Crippen LogP contribution in [0.3, 0.4) is 0 Å². The third-order valence-electron chi connectivity index (χ3n) is 5.90. The second kappa shape index (κ2) is 11.0. The van der Waals surface area contributed by atoms with E-state index in [1.54, 1.807) is 18.3 Å². The number of carbonyl (C=O) groups is 3. The Morgan fingerprint density at radius 1 is 0.878 bits per heavy atom. The number of aromatic nitrogens is 4. The Bertz CT molecular complexity index is 1740. The minimum atomic E-state index is -1.27. The zero-order chi connectivity index (χ0) is 29.3. The minimum Gasteiger partial charge on any atom is -0.507 e. The zero-order valence-electron chi connectivity index (χ0n) is 21.1. The van der Waals surface area contributed by atoms with E-state index in [1.807, 2.05) is 6.92 Å². The Kier molecular flexibility index (Phi) is 7.28. The highest BCUT2D eigenvalue weighted by Crippen LogP contribution is 2.29. The fourth-order valence-corrected chi connectivity index (χ4v) is 4.46. The number of nitrogens with one attached hydrogen (secondary N) is 2. The van der Waals surface area contributed by atoms with Gasteiger partial charge in [-0.05, 0) is 42.2 Å². The lowest BCUT2D eigenvalue weighted by Gasteiger charge is -2.15. The lowest BCUT2D eigenvalue weighted by molar-refractivity contribution is 0.0682. The van der Waals surface area contributed by atoms with Crippen molar-refractivity contribution in [3.05, 3.63) is 83.3 Å². The van der Waals surface area contributed by atoms with E-state index in [0.29, 0.717) is 45.5 Å². The molecule has 208 valence electrons. The van der Waals surface area contributed by atoms with Gasteiger partial charge in [-0.2, -0.15) is 0 Å². The molecule has 3 heterocycles. The number of carboxylic acid groups (broad SMARTS) is 2. The number of benzene rings is 2. The summed E-state index contributed by atoms with van der Waals surface area (Å²) in [6.07, 6.45) is 3.14. The van der Waals surface area contributed by atoms with Crippen LogP contribution in [-0.2, 0) is 0 Å². The van der Waals surface area contributed by atoms with Crippen LogP contribution >= 0.6 is 11.8 Å². The second-order valence-electron chi connectivity index (χ2n) is 8.56. The molecule has 0 aliphatic carbocycles. The number of hydrogen-bond acceptors (Lipinski definition) is 12. The molecule has 0 fully saturated rings. The van der Waals surface area contributed by atoms with Gasteiger partial charge in [0, 0.05) is 17.7 Å². The Morgan fingerprint density at radius 2 is 1.51 bits per heavy atom. The van der Waals surface area contributed by atoms with Crippen LogP contribution in [-0.4, -0.2) is 63.2 Å². The molecule has 6 N–H and O–H groups in total. The van der Waals surface area contributed by atoms with Crippen LogP contribution in [0.5, 0.6) is 11.5 Å². The molecule has 0 atom stereocenters. The van der Waals surface area contributed by atoms with Gasteiger partial charge in [0.25, 0.3) is 0 Å². The minimum absolute atomic E-state index is 0.184. The van der Waals surface area contributed by atoms with E-state index in [2.05, 4.69) is 26.3 Å². The highest BCUT2D eigenvalue weighted by atomic mass is 32.2. The van der Waals surface area contributed by atoms with Gasteiger partial charge in [0.15, 0.2) is 0 Å². The number of carboxylic acids is 2. The van der Waals surface area contributed by atoms with Crippen LogP contribution in [0.25, 0.3) is 22.8 Å². The first kappa shape index (κ1) is 27.2. The van der Waals surface area contributed by atoms with Crippen LogP contribution in [0, 0.1) is 0 Å². The molecule has 0 saturated carbocycles. The highest BCUT2D eigenvalue weighted by Gasteiger charge is 2.21. The molecular formula is C26H21N7O7S. The number of anilines is 1. The molecule has 1 aliphatic rings. The van der Waals surface area contributed by atoms with Gasteiger partial charge in [-0.25, -0.2) is 19.3 Å². The average molecular weight is 576 g/mol. The number of rotatable bonds is 8. The van der Waals surface area contributed by atoms with Gasteiger partial charge in [-0.1, -0.05) is 23.9 Å². The van der Waals surface area contributed by atoms with Crippen LogP contribution in [0.2, 0.25) is 0 Å². The molecule has 5 rings (SSSR count). The van der Waals surface area contributed by atoms with E-state index >= 15 is 0 Å². The van der Waals surface area contributed by atoms with Gasteiger partial charge < -0.3 is 20.4 Å². The van der Waals surface area contributed by atoms with Gasteiger partial charge in [0.2, 0.25) is 5.12 Å². The summed E-state index contributed by atoms with van der Waals surface area (Å²) in [5.41, 5.74) is 7.96. The molecule has 0 spiro atoms. The van der Waals surface area contributed by atoms with E-state index in [0.717, 1.165) is 11.8 Å². The summed E-state index contributed by atoms with van der Waals surface area (Å²) in [7, 11) is 0. The number of pyridine rings is 1. The average Bonchev–Trinajstić information content (AvgIpc) is 3.63. The van der Waals surface area contributed by atoms with E-state index < -0.39 is 23.4 Å². The SMILES string of the molecule is CCSC(=O)c1cc(C2=CN(c3ccc(C(=O)O)c(O)c3)NN2)nc(-c2cn(-c3ccc(C(=O)O)c(O)c3)nn2)c1. The maximum absolute atomic E-state index is 12.8. The second-order valence-corrected chi connectivity index (χ2v) is 9.79. The maximum Gasteiger partial charge on any atom is 0.339 e. The number of hydrogen-bond donors (Lipinski definition) is 6. The third kappa shape index (κ3) is 5.52. The highest BCUT2D eigenvalue weighted by molar-refractivity contribution is 8.14. The summed E-state index contributed by atoms with van der Waals surface area (Å²) in [4.78, 5) is 39.9. The van der Waals surface area contributed by atoms with E-state index in [9.17, 15) is 24.6 Å². The number of nitrogens with zero attached hydrogens (tertiary/aromatic N) is 5. The number of hydrazine groups is 2. The third-order valence-corrected chi connectivity index (χ3v) is 6.69. The Labute approximate surface area is 235 Å². The molecule has 2 aromatic heterocycles. The molecule has 41 heavy (non-hydrogen) atoms. The topological polar surface area (TPSA) is 203 Å². The van der Waals surface area contributed by atoms with Gasteiger partial charge in [-0.15, -0.1) is 10.6 Å². The smallest absolute Gasteiger partial charge is 0.339 e. The zero-order valence-corrected chi connectivity index (χ0v) is 22.0. The molecule has 4 aromatic rings. The van der Waals surface area contributed by atoms with Gasteiger partial charge in [0.05, 0.1) is 40.9 Å².